The molecule has 0 aliphatic heterocycles. The van der Waals surface area contributed by atoms with Gasteiger partial charge in [0, 0.05) is 6.54 Å². The van der Waals surface area contributed by atoms with Gasteiger partial charge in [0.25, 0.3) is 0 Å². The molecule has 0 radical (unpaired) electrons. The molecule has 1 atom stereocenters. The van der Waals surface area contributed by atoms with Gasteiger partial charge in [-0.15, -0.1) is 10.2 Å². The molecule has 1 amide bonds. The highest BCUT2D eigenvalue weighted by Crippen LogP contribution is 2.24. The molecule has 0 aliphatic carbocycles. The Balaban J connectivity index is 1.82. The van der Waals surface area contributed by atoms with E-state index in [4.69, 9.17) is 0 Å². The zero-order valence-electron chi connectivity index (χ0n) is 10.2. The normalized spacial score (nSPS) is 12.1. The molecule has 0 bridgehead atoms. The summed E-state index contributed by atoms with van der Waals surface area (Å²) in [6, 6.07) is 6.05. The molecule has 1 N–H and O–H groups in total. The number of hydrogen-bond donors (Lipinski definition) is 1. The average molecular weight is 297 g/mol. The van der Waals surface area contributed by atoms with Crippen LogP contribution >= 0.6 is 23.1 Å². The smallest absolute Gasteiger partial charge is 0.233 e. The van der Waals surface area contributed by atoms with Gasteiger partial charge in [0.1, 0.15) is 11.3 Å². The molecular formula is C12H12FN3OS2. The summed E-state index contributed by atoms with van der Waals surface area (Å²) in [5, 5.41) is 10.2. The number of hydrogen-bond acceptors (Lipinski definition) is 5. The molecule has 0 fully saturated rings. The summed E-state index contributed by atoms with van der Waals surface area (Å²) in [6.07, 6.45) is 0. The fraction of sp³-hybridized carbons (Fsp3) is 0.250. The molecule has 0 saturated carbocycles. The molecule has 100 valence electrons. The van der Waals surface area contributed by atoms with E-state index in [0.29, 0.717) is 6.54 Å². The van der Waals surface area contributed by atoms with Gasteiger partial charge in [0.05, 0.1) is 5.25 Å². The van der Waals surface area contributed by atoms with Crippen LogP contribution in [0, 0.1) is 5.82 Å². The number of halogens is 1. The monoisotopic (exact) mass is 297 g/mol. The molecule has 0 aliphatic rings. The molecule has 1 aromatic carbocycles. The Kier molecular flexibility index (Phi) is 4.86. The van der Waals surface area contributed by atoms with Gasteiger partial charge >= 0.3 is 0 Å². The average Bonchev–Trinajstić information content (AvgIpc) is 2.90. The van der Waals surface area contributed by atoms with Gasteiger partial charge in [-0.1, -0.05) is 35.2 Å². The van der Waals surface area contributed by atoms with Crippen LogP contribution in [0.4, 0.5) is 4.39 Å². The van der Waals surface area contributed by atoms with E-state index in [1.165, 1.54) is 35.2 Å². The fourth-order valence-corrected chi connectivity index (χ4v) is 3.00. The number of carbonyl (C=O) groups excluding carboxylic acids is 1. The second-order valence-corrected chi connectivity index (χ2v) is 6.23. The topological polar surface area (TPSA) is 54.9 Å². The van der Waals surface area contributed by atoms with Crippen molar-refractivity contribution in [3.63, 3.8) is 0 Å². The highest BCUT2D eigenvalue weighted by molar-refractivity contribution is 8.02. The molecule has 0 saturated heterocycles. The third-order valence-electron chi connectivity index (χ3n) is 2.37. The molecule has 7 heteroatoms. The van der Waals surface area contributed by atoms with Crippen LogP contribution in [-0.2, 0) is 11.3 Å². The molecule has 0 unspecified atom stereocenters. The zero-order valence-corrected chi connectivity index (χ0v) is 11.8. The Hall–Kier alpha value is -1.47. The van der Waals surface area contributed by atoms with E-state index in [0.717, 1.165) is 9.90 Å². The van der Waals surface area contributed by atoms with Gasteiger partial charge in [-0.2, -0.15) is 0 Å². The lowest BCUT2D eigenvalue weighted by molar-refractivity contribution is -0.120. The quantitative estimate of drug-likeness (QED) is 0.861. The largest absolute Gasteiger partial charge is 0.351 e. The van der Waals surface area contributed by atoms with Crippen LogP contribution in [0.25, 0.3) is 0 Å². The maximum atomic E-state index is 12.7. The molecule has 2 rings (SSSR count). The number of nitrogens with zero attached hydrogens (tertiary/aromatic N) is 2. The van der Waals surface area contributed by atoms with Gasteiger partial charge in [-0.05, 0) is 24.6 Å². The van der Waals surface area contributed by atoms with Crippen molar-refractivity contribution in [2.45, 2.75) is 23.1 Å². The van der Waals surface area contributed by atoms with E-state index in [9.17, 15) is 9.18 Å². The van der Waals surface area contributed by atoms with Crippen LogP contribution in [0.2, 0.25) is 0 Å². The maximum Gasteiger partial charge on any atom is 0.233 e. The minimum absolute atomic E-state index is 0.0791. The van der Waals surface area contributed by atoms with Crippen LogP contribution in [0.3, 0.4) is 0 Å². The van der Waals surface area contributed by atoms with E-state index in [2.05, 4.69) is 15.5 Å². The first-order valence-electron chi connectivity index (χ1n) is 5.60. The van der Waals surface area contributed by atoms with Crippen molar-refractivity contribution in [2.75, 3.05) is 0 Å². The summed E-state index contributed by atoms with van der Waals surface area (Å²) in [6.45, 7) is 2.20. The summed E-state index contributed by atoms with van der Waals surface area (Å²) in [5.74, 6) is -0.361. The Morgan fingerprint density at radius 2 is 2.21 bits per heavy atom. The number of nitrogens with one attached hydrogen (secondary N) is 1. The van der Waals surface area contributed by atoms with E-state index in [1.807, 2.05) is 6.92 Å². The summed E-state index contributed by atoms with van der Waals surface area (Å²) < 4.78 is 13.5. The van der Waals surface area contributed by atoms with Crippen LogP contribution in [0.5, 0.6) is 0 Å². The van der Waals surface area contributed by atoms with E-state index < -0.39 is 0 Å². The summed E-state index contributed by atoms with van der Waals surface area (Å²) >= 11 is 2.77. The van der Waals surface area contributed by atoms with Crippen LogP contribution in [0.1, 0.15) is 12.5 Å². The van der Waals surface area contributed by atoms with Gasteiger partial charge in [-0.25, -0.2) is 4.39 Å². The Labute approximate surface area is 118 Å². The Morgan fingerprint density at radius 3 is 2.84 bits per heavy atom. The van der Waals surface area contributed by atoms with Gasteiger partial charge < -0.3 is 5.32 Å². The number of aromatic nitrogens is 2. The standard InChI is InChI=1S/C12H12FN3OS2/c1-8(19-12-16-15-7-18-12)11(17)14-6-9-2-4-10(13)5-3-9/h2-5,7-8H,6H2,1H3,(H,14,17)/t8-/m1/s1. The van der Waals surface area contributed by atoms with Crippen molar-refractivity contribution in [1.29, 1.82) is 0 Å². The van der Waals surface area contributed by atoms with Crippen molar-refractivity contribution in [1.82, 2.24) is 15.5 Å². The van der Waals surface area contributed by atoms with Crippen molar-refractivity contribution in [3.8, 4) is 0 Å². The first-order chi connectivity index (χ1) is 9.15. The van der Waals surface area contributed by atoms with Crippen molar-refractivity contribution in [2.24, 2.45) is 0 Å². The van der Waals surface area contributed by atoms with Crippen molar-refractivity contribution in [3.05, 3.63) is 41.2 Å². The van der Waals surface area contributed by atoms with Gasteiger partial charge in [0.15, 0.2) is 4.34 Å². The number of thioether (sulfide) groups is 1. The predicted molar refractivity (Wildman–Crippen MR) is 73.5 cm³/mol. The third kappa shape index (κ3) is 4.29. The molecular weight excluding hydrogens is 285 g/mol. The number of carbonyl (C=O) groups is 1. The van der Waals surface area contributed by atoms with Gasteiger partial charge in [-0.3, -0.25) is 4.79 Å². The first-order valence-corrected chi connectivity index (χ1v) is 7.36. The minimum atomic E-state index is -0.282. The van der Waals surface area contributed by atoms with E-state index in [-0.39, 0.29) is 17.0 Å². The van der Waals surface area contributed by atoms with Crippen molar-refractivity contribution >= 4 is 29.0 Å². The second kappa shape index (κ2) is 6.63. The SMILES string of the molecule is C[C@@H](Sc1nncs1)C(=O)NCc1ccc(F)cc1. The van der Waals surface area contributed by atoms with E-state index in [1.54, 1.807) is 17.6 Å². The molecule has 0 spiro atoms. The summed E-state index contributed by atoms with van der Waals surface area (Å²) in [5.41, 5.74) is 2.49. The minimum Gasteiger partial charge on any atom is -0.351 e. The molecule has 1 aromatic heterocycles. The Morgan fingerprint density at radius 1 is 1.47 bits per heavy atom. The number of rotatable bonds is 5. The molecule has 2 aromatic rings. The molecule has 4 nitrogen and oxygen atoms in total. The summed E-state index contributed by atoms with van der Waals surface area (Å²) in [4.78, 5) is 11.9. The maximum absolute atomic E-state index is 12.7. The van der Waals surface area contributed by atoms with Crippen molar-refractivity contribution < 1.29 is 9.18 Å². The van der Waals surface area contributed by atoms with Crippen LogP contribution in [0.15, 0.2) is 34.1 Å². The third-order valence-corrected chi connectivity index (χ3v) is 4.28. The number of amides is 1. The zero-order chi connectivity index (χ0) is 13.7. The second-order valence-electron chi connectivity index (χ2n) is 3.81. The lowest BCUT2D eigenvalue weighted by Crippen LogP contribution is -2.30. The number of benzene rings is 1. The summed E-state index contributed by atoms with van der Waals surface area (Å²) in [7, 11) is 0. The first kappa shape index (κ1) is 14.0. The highest BCUT2D eigenvalue weighted by atomic mass is 32.2. The van der Waals surface area contributed by atoms with Gasteiger partial charge in [0.2, 0.25) is 5.91 Å². The predicted octanol–water partition coefficient (Wildman–Crippen LogP) is 2.47. The van der Waals surface area contributed by atoms with Crippen LogP contribution in [-0.4, -0.2) is 21.4 Å². The van der Waals surface area contributed by atoms with Crippen LogP contribution < -0.4 is 5.32 Å². The highest BCUT2D eigenvalue weighted by Gasteiger charge is 2.15. The lowest BCUT2D eigenvalue weighted by atomic mass is 10.2. The lowest BCUT2D eigenvalue weighted by Gasteiger charge is -2.10. The Bertz CT molecular complexity index is 530. The molecule has 19 heavy (non-hydrogen) atoms. The fourth-order valence-electron chi connectivity index (χ4n) is 1.35. The van der Waals surface area contributed by atoms with E-state index >= 15 is 0 Å². The molecule has 1 heterocycles.